The summed E-state index contributed by atoms with van der Waals surface area (Å²) < 4.78 is 11.1. The third-order valence-corrected chi connectivity index (χ3v) is 6.95. The number of alkyl carbamates (subject to hydrolysis) is 1. The van der Waals surface area contributed by atoms with Gasteiger partial charge in [0.25, 0.3) is 0 Å². The van der Waals surface area contributed by atoms with Crippen LogP contribution in [-0.2, 0) is 30.3 Å². The van der Waals surface area contributed by atoms with Crippen LogP contribution in [0.4, 0.5) is 4.79 Å². The number of ether oxygens (including phenoxy) is 2. The molecule has 0 saturated heterocycles. The minimum atomic E-state index is -1.21. The molecule has 2 rings (SSSR count). The number of aromatic hydroxyl groups is 1. The monoisotopic (exact) mass is 625 g/mol. The molecular weight excluding hydrogens is 574 g/mol. The highest BCUT2D eigenvalue weighted by atomic mass is 16.6. The van der Waals surface area contributed by atoms with Crippen molar-refractivity contribution in [3.63, 3.8) is 0 Å². The van der Waals surface area contributed by atoms with Gasteiger partial charge in [-0.25, -0.2) is 9.59 Å². The lowest BCUT2D eigenvalue weighted by molar-refractivity contribution is -0.159. The SMILES string of the molecule is CCC(C)N(C(=O)C(NC(=O)OC(C)(C)C)C(C)C)C(C(=O)NC(Cc1ccccc1)C(=O)OC(C)(C)C)c1ccc(O)cc1. The quantitative estimate of drug-likeness (QED) is 0.259. The number of amides is 3. The fraction of sp³-hybridized carbons (Fsp3) is 0.543. The van der Waals surface area contributed by atoms with Gasteiger partial charge in [0.2, 0.25) is 11.8 Å². The van der Waals surface area contributed by atoms with E-state index < -0.39 is 59.2 Å². The summed E-state index contributed by atoms with van der Waals surface area (Å²) in [5, 5.41) is 15.6. The van der Waals surface area contributed by atoms with E-state index >= 15 is 0 Å². The van der Waals surface area contributed by atoms with E-state index in [4.69, 9.17) is 9.47 Å². The lowest BCUT2D eigenvalue weighted by Crippen LogP contribution is -2.58. The number of benzene rings is 2. The van der Waals surface area contributed by atoms with E-state index in [1.165, 1.54) is 17.0 Å². The van der Waals surface area contributed by atoms with Gasteiger partial charge in [0.15, 0.2) is 0 Å². The summed E-state index contributed by atoms with van der Waals surface area (Å²) in [6.07, 6.45) is -0.0996. The van der Waals surface area contributed by atoms with Crippen molar-refractivity contribution < 1.29 is 33.8 Å². The number of carbonyl (C=O) groups excluding carboxylic acids is 4. The first-order valence-electron chi connectivity index (χ1n) is 15.5. The molecular formula is C35H51N3O7. The zero-order valence-corrected chi connectivity index (χ0v) is 28.3. The van der Waals surface area contributed by atoms with Crippen LogP contribution in [0.15, 0.2) is 54.6 Å². The Bertz CT molecular complexity index is 1280. The second-order valence-electron chi connectivity index (χ2n) is 13.6. The first-order chi connectivity index (χ1) is 20.8. The molecule has 45 heavy (non-hydrogen) atoms. The Morgan fingerprint density at radius 2 is 1.38 bits per heavy atom. The Hall–Kier alpha value is -4.08. The summed E-state index contributed by atoms with van der Waals surface area (Å²) in [5.41, 5.74) is -0.356. The number of hydrogen-bond acceptors (Lipinski definition) is 7. The number of nitrogens with zero attached hydrogens (tertiary/aromatic N) is 1. The number of esters is 1. The molecule has 0 bridgehead atoms. The lowest BCUT2D eigenvalue weighted by atomic mass is 9.96. The van der Waals surface area contributed by atoms with Gasteiger partial charge in [0.05, 0.1) is 0 Å². The third-order valence-electron chi connectivity index (χ3n) is 6.95. The molecule has 0 heterocycles. The van der Waals surface area contributed by atoms with Gasteiger partial charge >= 0.3 is 12.1 Å². The van der Waals surface area contributed by atoms with Gasteiger partial charge in [-0.3, -0.25) is 9.59 Å². The molecule has 2 aromatic rings. The summed E-state index contributed by atoms with van der Waals surface area (Å²) in [7, 11) is 0. The maximum absolute atomic E-state index is 14.4. The van der Waals surface area contributed by atoms with Crippen molar-refractivity contribution >= 4 is 23.9 Å². The van der Waals surface area contributed by atoms with Gasteiger partial charge in [0.1, 0.15) is 35.1 Å². The zero-order valence-electron chi connectivity index (χ0n) is 28.3. The first kappa shape index (κ1) is 37.1. The maximum Gasteiger partial charge on any atom is 0.408 e. The fourth-order valence-corrected chi connectivity index (χ4v) is 4.67. The molecule has 4 unspecified atom stereocenters. The van der Waals surface area contributed by atoms with Gasteiger partial charge in [-0.1, -0.05) is 63.2 Å². The molecule has 0 saturated carbocycles. The molecule has 2 aromatic carbocycles. The average Bonchev–Trinajstić information content (AvgIpc) is 2.92. The third kappa shape index (κ3) is 11.7. The molecule has 0 aliphatic rings. The van der Waals surface area contributed by atoms with E-state index in [0.29, 0.717) is 12.0 Å². The Labute approximate surface area is 267 Å². The van der Waals surface area contributed by atoms with Crippen molar-refractivity contribution in [3.8, 4) is 5.75 Å². The van der Waals surface area contributed by atoms with Crippen LogP contribution in [-0.4, -0.2) is 63.2 Å². The van der Waals surface area contributed by atoms with Gasteiger partial charge in [0, 0.05) is 12.5 Å². The highest BCUT2D eigenvalue weighted by Crippen LogP contribution is 2.29. The van der Waals surface area contributed by atoms with Crippen LogP contribution in [0.2, 0.25) is 0 Å². The van der Waals surface area contributed by atoms with Gasteiger partial charge in [-0.2, -0.15) is 0 Å². The number of carbonyl (C=O) groups is 4. The molecule has 10 nitrogen and oxygen atoms in total. The molecule has 0 aliphatic carbocycles. The highest BCUT2D eigenvalue weighted by Gasteiger charge is 2.41. The lowest BCUT2D eigenvalue weighted by Gasteiger charge is -2.39. The second-order valence-corrected chi connectivity index (χ2v) is 13.6. The van der Waals surface area contributed by atoms with Crippen LogP contribution in [0.5, 0.6) is 5.75 Å². The predicted octanol–water partition coefficient (Wildman–Crippen LogP) is 5.68. The Balaban J connectivity index is 2.61. The van der Waals surface area contributed by atoms with Crippen molar-refractivity contribution in [1.82, 2.24) is 15.5 Å². The van der Waals surface area contributed by atoms with Crippen molar-refractivity contribution in [2.24, 2.45) is 5.92 Å². The van der Waals surface area contributed by atoms with E-state index in [2.05, 4.69) is 10.6 Å². The number of phenols is 1. The standard InChI is InChI=1S/C35H51N3O7/c1-11-23(4)38(31(41)28(22(2)3)37-33(43)45-35(8,9)10)29(25-17-19-26(39)20-18-25)30(40)36-27(32(42)44-34(5,6)7)21-24-15-13-12-14-16-24/h12-20,22-23,27-29,39H,11,21H2,1-10H3,(H,36,40)(H,37,43). The maximum atomic E-state index is 14.4. The summed E-state index contributed by atoms with van der Waals surface area (Å²) >= 11 is 0. The molecule has 0 spiro atoms. The zero-order chi connectivity index (χ0) is 34.1. The summed E-state index contributed by atoms with van der Waals surface area (Å²) in [4.78, 5) is 56.4. The largest absolute Gasteiger partial charge is 0.508 e. The molecule has 0 aromatic heterocycles. The topological polar surface area (TPSA) is 134 Å². The van der Waals surface area contributed by atoms with E-state index in [0.717, 1.165) is 5.56 Å². The van der Waals surface area contributed by atoms with Crippen LogP contribution in [0.25, 0.3) is 0 Å². The van der Waals surface area contributed by atoms with Crippen molar-refractivity contribution in [3.05, 3.63) is 65.7 Å². The molecule has 0 fully saturated rings. The van der Waals surface area contributed by atoms with E-state index in [-0.39, 0.29) is 18.1 Å². The molecule has 3 N–H and O–H groups in total. The van der Waals surface area contributed by atoms with Crippen LogP contribution in [0.1, 0.15) is 92.8 Å². The summed E-state index contributed by atoms with van der Waals surface area (Å²) in [6, 6.07) is 11.5. The minimum absolute atomic E-state index is 0.0123. The minimum Gasteiger partial charge on any atom is -0.508 e. The Kier molecular flexibility index (Phi) is 13.0. The highest BCUT2D eigenvalue weighted by molar-refractivity contribution is 5.94. The average molecular weight is 626 g/mol. The Morgan fingerprint density at radius 3 is 1.87 bits per heavy atom. The number of hydrogen-bond donors (Lipinski definition) is 3. The van der Waals surface area contributed by atoms with Crippen molar-refractivity contribution in [2.45, 2.75) is 117 Å². The first-order valence-corrected chi connectivity index (χ1v) is 15.5. The fourth-order valence-electron chi connectivity index (χ4n) is 4.67. The van der Waals surface area contributed by atoms with Crippen LogP contribution in [0.3, 0.4) is 0 Å². The van der Waals surface area contributed by atoms with E-state index in [1.807, 2.05) is 44.2 Å². The Morgan fingerprint density at radius 1 is 0.822 bits per heavy atom. The smallest absolute Gasteiger partial charge is 0.408 e. The molecule has 248 valence electrons. The molecule has 10 heteroatoms. The van der Waals surface area contributed by atoms with Crippen LogP contribution in [0, 0.1) is 5.92 Å². The molecule has 0 radical (unpaired) electrons. The summed E-state index contributed by atoms with van der Waals surface area (Å²) in [6.45, 7) is 17.7. The van der Waals surface area contributed by atoms with Gasteiger partial charge in [-0.05, 0) is 84.1 Å². The van der Waals surface area contributed by atoms with E-state index in [9.17, 15) is 24.3 Å². The second kappa shape index (κ2) is 15.8. The molecule has 0 aliphatic heterocycles. The molecule has 3 amide bonds. The number of rotatable bonds is 12. The van der Waals surface area contributed by atoms with Gasteiger partial charge in [-0.15, -0.1) is 0 Å². The van der Waals surface area contributed by atoms with Crippen molar-refractivity contribution in [1.29, 1.82) is 0 Å². The number of phenolic OH excluding ortho intramolecular Hbond substituents is 1. The summed E-state index contributed by atoms with van der Waals surface area (Å²) in [5.74, 6) is -2.08. The van der Waals surface area contributed by atoms with E-state index in [1.54, 1.807) is 67.5 Å². The normalized spacial score (nSPS) is 14.5. The predicted molar refractivity (Wildman–Crippen MR) is 173 cm³/mol. The van der Waals surface area contributed by atoms with Crippen molar-refractivity contribution in [2.75, 3.05) is 0 Å². The number of nitrogens with one attached hydrogen (secondary N) is 2. The molecule has 4 atom stereocenters. The van der Waals surface area contributed by atoms with Gasteiger partial charge < -0.3 is 30.1 Å². The van der Waals surface area contributed by atoms with Crippen LogP contribution < -0.4 is 10.6 Å². The van der Waals surface area contributed by atoms with Crippen LogP contribution >= 0.6 is 0 Å².